The number of anilines is 1. The number of nitrogens with one attached hydrogen (secondary N) is 1. The molecule has 3 aromatic rings. The fourth-order valence-electron chi connectivity index (χ4n) is 2.19. The number of nitrogens with zero attached hydrogens (tertiary/aromatic N) is 2. The summed E-state index contributed by atoms with van der Waals surface area (Å²) in [5, 5.41) is 16.0. The van der Waals surface area contributed by atoms with Crippen LogP contribution in [0.25, 0.3) is 10.2 Å². The Balaban J connectivity index is 1.84. The van der Waals surface area contributed by atoms with Crippen LogP contribution < -0.4 is 5.32 Å². The number of benzene rings is 1. The van der Waals surface area contributed by atoms with Gasteiger partial charge in [0.2, 0.25) is 5.28 Å². The average Bonchev–Trinajstić information content (AvgIpc) is 2.96. The molecule has 2 heterocycles. The van der Waals surface area contributed by atoms with Gasteiger partial charge in [-0.15, -0.1) is 11.3 Å². The van der Waals surface area contributed by atoms with E-state index in [1.807, 2.05) is 41.8 Å². The van der Waals surface area contributed by atoms with E-state index in [-0.39, 0.29) is 17.9 Å². The quantitative estimate of drug-likeness (QED) is 0.708. The summed E-state index contributed by atoms with van der Waals surface area (Å²) in [4.78, 5) is 9.27. The number of hydrogen-bond acceptors (Lipinski definition) is 5. The van der Waals surface area contributed by atoms with E-state index < -0.39 is 0 Å². The molecule has 21 heavy (non-hydrogen) atoms. The minimum atomic E-state index is -0.124. The Hall–Kier alpha value is -1.69. The van der Waals surface area contributed by atoms with E-state index in [1.165, 1.54) is 11.3 Å². The molecule has 2 aromatic heterocycles. The highest BCUT2D eigenvalue weighted by atomic mass is 35.5. The van der Waals surface area contributed by atoms with Crippen LogP contribution in [-0.4, -0.2) is 27.7 Å². The number of hydrogen-bond donors (Lipinski definition) is 2. The molecule has 0 saturated carbocycles. The van der Waals surface area contributed by atoms with Gasteiger partial charge in [0.1, 0.15) is 10.6 Å². The zero-order valence-corrected chi connectivity index (χ0v) is 12.7. The van der Waals surface area contributed by atoms with Crippen molar-refractivity contribution in [3.05, 3.63) is 52.6 Å². The van der Waals surface area contributed by atoms with Gasteiger partial charge in [-0.05, 0) is 35.0 Å². The normalized spacial score (nSPS) is 12.5. The smallest absolute Gasteiger partial charge is 0.225 e. The molecule has 0 aliphatic carbocycles. The van der Waals surface area contributed by atoms with Crippen molar-refractivity contribution in [2.75, 3.05) is 11.9 Å². The summed E-state index contributed by atoms with van der Waals surface area (Å²) in [6.45, 7) is 0.0160. The second-order valence-corrected chi connectivity index (χ2v) is 5.93. The van der Waals surface area contributed by atoms with Gasteiger partial charge in [0.15, 0.2) is 0 Å². The molecule has 1 aromatic carbocycles. The fraction of sp³-hybridized carbons (Fsp3) is 0.200. The third-order valence-corrected chi connectivity index (χ3v) is 4.16. The maximum absolute atomic E-state index is 9.60. The molecule has 0 fully saturated rings. The molecule has 0 spiro atoms. The molecule has 0 aliphatic heterocycles. The first kappa shape index (κ1) is 14.3. The zero-order chi connectivity index (χ0) is 14.7. The summed E-state index contributed by atoms with van der Waals surface area (Å²) in [5.74, 6) is 0.668. The van der Waals surface area contributed by atoms with Crippen LogP contribution in [0.2, 0.25) is 5.28 Å². The lowest BCUT2D eigenvalue weighted by Crippen LogP contribution is -2.27. The predicted octanol–water partition coefficient (Wildman–Crippen LogP) is 3.36. The molecular formula is C15H14ClN3OS. The van der Waals surface area contributed by atoms with Crippen molar-refractivity contribution in [3.63, 3.8) is 0 Å². The first-order valence-electron chi connectivity index (χ1n) is 6.58. The van der Waals surface area contributed by atoms with Crippen molar-refractivity contribution in [2.45, 2.75) is 12.5 Å². The Bertz CT molecular complexity index is 732. The summed E-state index contributed by atoms with van der Waals surface area (Å²) < 4.78 is 0. The van der Waals surface area contributed by atoms with E-state index in [1.54, 1.807) is 0 Å². The average molecular weight is 320 g/mol. The third kappa shape index (κ3) is 3.32. The van der Waals surface area contributed by atoms with Gasteiger partial charge in [-0.1, -0.05) is 30.3 Å². The number of fused-ring (bicyclic) bond motifs is 1. The largest absolute Gasteiger partial charge is 0.394 e. The van der Waals surface area contributed by atoms with Crippen molar-refractivity contribution < 1.29 is 5.11 Å². The van der Waals surface area contributed by atoms with Gasteiger partial charge in [0.25, 0.3) is 0 Å². The summed E-state index contributed by atoms with van der Waals surface area (Å²) in [6, 6.07) is 11.9. The number of rotatable bonds is 5. The topological polar surface area (TPSA) is 58.0 Å². The van der Waals surface area contributed by atoms with Gasteiger partial charge in [0, 0.05) is 0 Å². The number of aliphatic hydroxyl groups is 1. The van der Waals surface area contributed by atoms with Crippen molar-refractivity contribution in [1.82, 2.24) is 9.97 Å². The third-order valence-electron chi connectivity index (χ3n) is 3.18. The summed E-state index contributed by atoms with van der Waals surface area (Å²) in [5.41, 5.74) is 1.16. The highest BCUT2D eigenvalue weighted by Crippen LogP contribution is 2.27. The molecule has 0 saturated heterocycles. The van der Waals surface area contributed by atoms with Crippen LogP contribution in [-0.2, 0) is 6.42 Å². The highest BCUT2D eigenvalue weighted by molar-refractivity contribution is 7.16. The van der Waals surface area contributed by atoms with Gasteiger partial charge >= 0.3 is 0 Å². The van der Waals surface area contributed by atoms with Crippen LogP contribution >= 0.6 is 22.9 Å². The summed E-state index contributed by atoms with van der Waals surface area (Å²) >= 11 is 7.47. The van der Waals surface area contributed by atoms with Crippen LogP contribution in [0.5, 0.6) is 0 Å². The molecule has 6 heteroatoms. The number of aromatic nitrogens is 2. The molecule has 108 valence electrons. The first-order chi connectivity index (χ1) is 10.3. The van der Waals surface area contributed by atoms with Gasteiger partial charge in [-0.2, -0.15) is 0 Å². The van der Waals surface area contributed by atoms with Crippen LogP contribution in [0.3, 0.4) is 0 Å². The monoisotopic (exact) mass is 319 g/mol. The molecule has 0 bridgehead atoms. The Labute approximate surface area is 131 Å². The Morgan fingerprint density at radius 3 is 2.76 bits per heavy atom. The lowest BCUT2D eigenvalue weighted by molar-refractivity contribution is 0.273. The van der Waals surface area contributed by atoms with Gasteiger partial charge in [0.05, 0.1) is 18.0 Å². The Morgan fingerprint density at radius 1 is 1.19 bits per heavy atom. The van der Waals surface area contributed by atoms with Crippen LogP contribution in [0.15, 0.2) is 41.8 Å². The Morgan fingerprint density at radius 2 is 2.00 bits per heavy atom. The molecule has 2 N–H and O–H groups in total. The van der Waals surface area contributed by atoms with E-state index in [2.05, 4.69) is 15.3 Å². The highest BCUT2D eigenvalue weighted by Gasteiger charge is 2.13. The van der Waals surface area contributed by atoms with Crippen molar-refractivity contribution in [2.24, 2.45) is 0 Å². The molecular weight excluding hydrogens is 306 g/mol. The fourth-order valence-corrected chi connectivity index (χ4v) is 3.18. The second-order valence-electron chi connectivity index (χ2n) is 4.69. The van der Waals surface area contributed by atoms with Gasteiger partial charge < -0.3 is 10.4 Å². The number of halogens is 1. The van der Waals surface area contributed by atoms with Gasteiger partial charge in [-0.3, -0.25) is 0 Å². The van der Waals surface area contributed by atoms with E-state index >= 15 is 0 Å². The Kier molecular flexibility index (Phi) is 4.34. The lowest BCUT2D eigenvalue weighted by Gasteiger charge is -2.17. The number of aliphatic hydroxyl groups excluding tert-OH is 1. The van der Waals surface area contributed by atoms with Crippen molar-refractivity contribution in [3.8, 4) is 0 Å². The number of thiophene rings is 1. The van der Waals surface area contributed by atoms with E-state index in [0.29, 0.717) is 12.2 Å². The maximum Gasteiger partial charge on any atom is 0.225 e. The predicted molar refractivity (Wildman–Crippen MR) is 87.1 cm³/mol. The van der Waals surface area contributed by atoms with Gasteiger partial charge in [-0.25, -0.2) is 9.97 Å². The summed E-state index contributed by atoms with van der Waals surface area (Å²) in [7, 11) is 0. The first-order valence-corrected chi connectivity index (χ1v) is 7.84. The standard InChI is InChI=1S/C15H14ClN3OS/c16-15-18-13(12-6-7-21-14(12)19-15)17-11(9-20)8-10-4-2-1-3-5-10/h1-7,11,20H,8-9H2,(H,17,18,19). The molecule has 3 rings (SSSR count). The molecule has 0 amide bonds. The minimum absolute atomic E-state index is 0.0160. The van der Waals surface area contributed by atoms with E-state index in [9.17, 15) is 5.11 Å². The lowest BCUT2D eigenvalue weighted by atomic mass is 10.1. The minimum Gasteiger partial charge on any atom is -0.394 e. The van der Waals surface area contributed by atoms with Crippen molar-refractivity contribution in [1.29, 1.82) is 0 Å². The molecule has 0 radical (unpaired) electrons. The zero-order valence-electron chi connectivity index (χ0n) is 11.2. The van der Waals surface area contributed by atoms with Crippen LogP contribution in [0, 0.1) is 0 Å². The maximum atomic E-state index is 9.60. The van der Waals surface area contributed by atoms with E-state index in [4.69, 9.17) is 11.6 Å². The molecule has 1 unspecified atom stereocenters. The molecule has 4 nitrogen and oxygen atoms in total. The summed E-state index contributed by atoms with van der Waals surface area (Å²) in [6.07, 6.45) is 0.713. The second kappa shape index (κ2) is 6.39. The molecule has 0 aliphatic rings. The molecule has 1 atom stereocenters. The van der Waals surface area contributed by atoms with E-state index in [0.717, 1.165) is 15.8 Å². The van der Waals surface area contributed by atoms with Crippen molar-refractivity contribution >= 4 is 39.0 Å². The van der Waals surface area contributed by atoms with Crippen LogP contribution in [0.4, 0.5) is 5.82 Å². The van der Waals surface area contributed by atoms with Crippen LogP contribution in [0.1, 0.15) is 5.56 Å². The SMILES string of the molecule is OCC(Cc1ccccc1)Nc1nc(Cl)nc2sccc12.